The van der Waals surface area contributed by atoms with Crippen molar-refractivity contribution in [3.05, 3.63) is 59.9 Å². The molecule has 0 unspecified atom stereocenters. The standard InChI is InChI=1S/C15H13N3O4/c19-14(20)10-22-13-5-1-3-11(7-13)8-17-18-15(21)12-4-2-6-16-9-12/h1-9H,10H2,(H,18,21)(H,19,20)/p-1/b17-8-. The molecule has 0 atom stereocenters. The summed E-state index contributed by atoms with van der Waals surface area (Å²) in [5.41, 5.74) is 3.40. The number of hydrogen-bond donors (Lipinski definition) is 1. The van der Waals surface area contributed by atoms with Crippen LogP contribution >= 0.6 is 0 Å². The molecule has 0 spiro atoms. The summed E-state index contributed by atoms with van der Waals surface area (Å²) in [5.74, 6) is -1.32. The number of nitrogens with zero attached hydrogens (tertiary/aromatic N) is 2. The maximum atomic E-state index is 11.7. The lowest BCUT2D eigenvalue weighted by molar-refractivity contribution is -0.307. The zero-order valence-electron chi connectivity index (χ0n) is 11.4. The summed E-state index contributed by atoms with van der Waals surface area (Å²) >= 11 is 0. The predicted octanol–water partition coefficient (Wildman–Crippen LogP) is -0.0258. The Kier molecular flexibility index (Phi) is 5.20. The van der Waals surface area contributed by atoms with Crippen LogP contribution in [0, 0.1) is 0 Å². The zero-order valence-corrected chi connectivity index (χ0v) is 11.4. The lowest BCUT2D eigenvalue weighted by atomic mass is 10.2. The fraction of sp³-hybridized carbons (Fsp3) is 0.0667. The van der Waals surface area contributed by atoms with Crippen LogP contribution in [0.2, 0.25) is 0 Å². The van der Waals surface area contributed by atoms with E-state index >= 15 is 0 Å². The van der Waals surface area contributed by atoms with Crippen molar-refractivity contribution in [1.29, 1.82) is 0 Å². The third-order valence-corrected chi connectivity index (χ3v) is 2.52. The van der Waals surface area contributed by atoms with Gasteiger partial charge in [-0.05, 0) is 29.8 Å². The monoisotopic (exact) mass is 298 g/mol. The van der Waals surface area contributed by atoms with E-state index in [4.69, 9.17) is 4.74 Å². The van der Waals surface area contributed by atoms with Gasteiger partial charge >= 0.3 is 0 Å². The molecule has 0 fully saturated rings. The molecular formula is C15H12N3O4-. The first kappa shape index (κ1) is 15.2. The van der Waals surface area contributed by atoms with E-state index in [1.54, 1.807) is 42.6 Å². The molecule has 1 aromatic carbocycles. The number of nitrogens with one attached hydrogen (secondary N) is 1. The molecule has 112 valence electrons. The number of benzene rings is 1. The summed E-state index contributed by atoms with van der Waals surface area (Å²) in [7, 11) is 0. The number of hydrogen-bond acceptors (Lipinski definition) is 6. The van der Waals surface area contributed by atoms with Crippen molar-refractivity contribution in [2.75, 3.05) is 6.61 Å². The smallest absolute Gasteiger partial charge is 0.272 e. The van der Waals surface area contributed by atoms with E-state index in [2.05, 4.69) is 15.5 Å². The van der Waals surface area contributed by atoms with Crippen molar-refractivity contribution in [2.24, 2.45) is 5.10 Å². The number of ether oxygens (including phenoxy) is 1. The summed E-state index contributed by atoms with van der Waals surface area (Å²) in [6, 6.07) is 9.86. The molecular weight excluding hydrogens is 286 g/mol. The summed E-state index contributed by atoms with van der Waals surface area (Å²) in [6.45, 7) is -0.529. The van der Waals surface area contributed by atoms with Gasteiger partial charge in [0.05, 0.1) is 17.7 Å². The highest BCUT2D eigenvalue weighted by Gasteiger charge is 2.02. The molecule has 0 aliphatic rings. The molecule has 7 nitrogen and oxygen atoms in total. The number of aliphatic carboxylic acids is 1. The highest BCUT2D eigenvalue weighted by Crippen LogP contribution is 2.11. The number of rotatable bonds is 6. The first-order valence-corrected chi connectivity index (χ1v) is 6.31. The molecule has 7 heteroatoms. The van der Waals surface area contributed by atoms with E-state index in [9.17, 15) is 14.7 Å². The third kappa shape index (κ3) is 4.71. The first-order chi connectivity index (χ1) is 10.6. The SMILES string of the molecule is O=C([O-])COc1cccc(/C=N\NC(=O)c2cccnc2)c1. The van der Waals surface area contributed by atoms with Crippen molar-refractivity contribution in [2.45, 2.75) is 0 Å². The Labute approximate surface area is 126 Å². The number of pyridine rings is 1. The second kappa shape index (κ2) is 7.53. The highest BCUT2D eigenvalue weighted by molar-refractivity contribution is 5.94. The minimum absolute atomic E-state index is 0.367. The van der Waals surface area contributed by atoms with E-state index < -0.39 is 12.6 Å². The van der Waals surface area contributed by atoms with Gasteiger partial charge in [0.1, 0.15) is 12.4 Å². The number of carboxylic acid groups (broad SMARTS) is 1. The topological polar surface area (TPSA) is 104 Å². The molecule has 2 aromatic rings. The number of carbonyl (C=O) groups is 2. The van der Waals surface area contributed by atoms with Crippen LogP contribution < -0.4 is 15.3 Å². The van der Waals surface area contributed by atoms with Gasteiger partial charge in [0.15, 0.2) is 0 Å². The van der Waals surface area contributed by atoms with Crippen molar-refractivity contribution < 1.29 is 19.4 Å². The Balaban J connectivity index is 1.94. The predicted molar refractivity (Wildman–Crippen MR) is 76.2 cm³/mol. The van der Waals surface area contributed by atoms with Crippen molar-refractivity contribution in [3.8, 4) is 5.75 Å². The Morgan fingerprint density at radius 1 is 1.32 bits per heavy atom. The molecule has 0 saturated heterocycles. The molecule has 1 aromatic heterocycles. The first-order valence-electron chi connectivity index (χ1n) is 6.31. The van der Waals surface area contributed by atoms with Gasteiger partial charge in [-0.25, -0.2) is 5.43 Å². The van der Waals surface area contributed by atoms with E-state index in [-0.39, 0.29) is 5.91 Å². The lowest BCUT2D eigenvalue weighted by Gasteiger charge is -2.06. The minimum atomic E-state index is -1.30. The Hall–Kier alpha value is -3.22. The van der Waals surface area contributed by atoms with Gasteiger partial charge in [0.25, 0.3) is 5.91 Å². The second-order valence-corrected chi connectivity index (χ2v) is 4.17. The minimum Gasteiger partial charge on any atom is -0.546 e. The number of carboxylic acids is 1. The third-order valence-electron chi connectivity index (χ3n) is 2.52. The maximum Gasteiger partial charge on any atom is 0.272 e. The molecule has 0 bridgehead atoms. The quantitative estimate of drug-likeness (QED) is 0.596. The zero-order chi connectivity index (χ0) is 15.8. The number of carbonyl (C=O) groups excluding carboxylic acids is 2. The van der Waals surface area contributed by atoms with Crippen LogP contribution in [0.15, 0.2) is 53.9 Å². The van der Waals surface area contributed by atoms with Gasteiger partial charge in [-0.2, -0.15) is 5.10 Å². The van der Waals surface area contributed by atoms with Gasteiger partial charge in [0.2, 0.25) is 0 Å². The van der Waals surface area contributed by atoms with Gasteiger partial charge in [-0.1, -0.05) is 12.1 Å². The van der Waals surface area contributed by atoms with E-state index in [0.717, 1.165) is 0 Å². The molecule has 0 saturated carbocycles. The molecule has 0 radical (unpaired) electrons. The van der Waals surface area contributed by atoms with Crippen LogP contribution in [0.3, 0.4) is 0 Å². The Morgan fingerprint density at radius 2 is 2.18 bits per heavy atom. The average Bonchev–Trinajstić information content (AvgIpc) is 2.54. The van der Waals surface area contributed by atoms with Gasteiger partial charge in [-0.3, -0.25) is 9.78 Å². The molecule has 22 heavy (non-hydrogen) atoms. The molecule has 0 aliphatic heterocycles. The number of hydrazone groups is 1. The molecule has 2 rings (SSSR count). The van der Waals surface area contributed by atoms with Gasteiger partial charge < -0.3 is 14.6 Å². The van der Waals surface area contributed by atoms with Crippen LogP contribution in [0.4, 0.5) is 0 Å². The normalized spacial score (nSPS) is 10.4. The maximum absolute atomic E-state index is 11.7. The average molecular weight is 298 g/mol. The molecule has 1 N–H and O–H groups in total. The molecule has 1 heterocycles. The van der Waals surface area contributed by atoms with Crippen molar-refractivity contribution in [3.63, 3.8) is 0 Å². The van der Waals surface area contributed by atoms with Gasteiger partial charge in [-0.15, -0.1) is 0 Å². The largest absolute Gasteiger partial charge is 0.546 e. The van der Waals surface area contributed by atoms with Crippen LogP contribution in [0.25, 0.3) is 0 Å². The fourth-order valence-electron chi connectivity index (χ4n) is 1.55. The van der Waals surface area contributed by atoms with Crippen LogP contribution in [0.1, 0.15) is 15.9 Å². The van der Waals surface area contributed by atoms with Crippen LogP contribution in [-0.2, 0) is 4.79 Å². The van der Waals surface area contributed by atoms with Crippen LogP contribution in [-0.4, -0.2) is 29.7 Å². The summed E-state index contributed by atoms with van der Waals surface area (Å²) < 4.78 is 4.99. The van der Waals surface area contributed by atoms with E-state index in [1.807, 2.05) is 0 Å². The number of amides is 1. The highest BCUT2D eigenvalue weighted by atomic mass is 16.5. The van der Waals surface area contributed by atoms with E-state index in [0.29, 0.717) is 16.9 Å². The van der Waals surface area contributed by atoms with E-state index in [1.165, 1.54) is 12.4 Å². The van der Waals surface area contributed by atoms with Crippen molar-refractivity contribution >= 4 is 18.1 Å². The lowest BCUT2D eigenvalue weighted by Crippen LogP contribution is -2.28. The van der Waals surface area contributed by atoms with Crippen LogP contribution in [0.5, 0.6) is 5.75 Å². The summed E-state index contributed by atoms with van der Waals surface area (Å²) in [5, 5.41) is 14.1. The molecule has 1 amide bonds. The fourth-order valence-corrected chi connectivity index (χ4v) is 1.55. The second-order valence-electron chi connectivity index (χ2n) is 4.17. The van der Waals surface area contributed by atoms with Crippen molar-refractivity contribution in [1.82, 2.24) is 10.4 Å². The summed E-state index contributed by atoms with van der Waals surface area (Å²) in [4.78, 5) is 25.9. The molecule has 0 aliphatic carbocycles. The van der Waals surface area contributed by atoms with Gasteiger partial charge in [0, 0.05) is 12.4 Å². The summed E-state index contributed by atoms with van der Waals surface area (Å²) in [6.07, 6.45) is 4.41. The number of aromatic nitrogens is 1. The Bertz CT molecular complexity index is 686. The Morgan fingerprint density at radius 3 is 2.91 bits per heavy atom.